The zero-order valence-corrected chi connectivity index (χ0v) is 14.5. The maximum atomic E-state index is 10.3. The first-order chi connectivity index (χ1) is 9.40. The van der Waals surface area contributed by atoms with E-state index in [1.807, 2.05) is 26.0 Å². The summed E-state index contributed by atoms with van der Waals surface area (Å²) in [6.07, 6.45) is 1.39. The Morgan fingerprint density at radius 2 is 1.95 bits per heavy atom. The van der Waals surface area contributed by atoms with E-state index >= 15 is 0 Å². The molecular formula is C16H26BrNO2. The number of halogens is 1. The van der Waals surface area contributed by atoms with Crippen molar-refractivity contribution in [2.75, 3.05) is 6.61 Å². The number of hydrogen-bond acceptors (Lipinski definition) is 3. The molecule has 0 aliphatic rings. The minimum Gasteiger partial charge on any atom is -0.490 e. The molecule has 0 bridgehead atoms. The van der Waals surface area contributed by atoms with Crippen LogP contribution >= 0.6 is 15.9 Å². The van der Waals surface area contributed by atoms with Crippen molar-refractivity contribution in [1.29, 1.82) is 0 Å². The molecule has 1 rings (SSSR count). The summed E-state index contributed by atoms with van der Waals surface area (Å²) in [4.78, 5) is 0. The molecule has 20 heavy (non-hydrogen) atoms. The molecule has 3 nitrogen and oxygen atoms in total. The van der Waals surface area contributed by atoms with E-state index in [2.05, 4.69) is 41.2 Å². The van der Waals surface area contributed by atoms with E-state index in [4.69, 9.17) is 4.74 Å². The Hall–Kier alpha value is -0.580. The van der Waals surface area contributed by atoms with Crippen molar-refractivity contribution in [3.63, 3.8) is 0 Å². The molecule has 0 fully saturated rings. The number of ether oxygens (including phenoxy) is 1. The highest BCUT2D eigenvalue weighted by atomic mass is 79.9. The lowest BCUT2D eigenvalue weighted by Gasteiger charge is -2.26. The third kappa shape index (κ3) is 5.43. The largest absolute Gasteiger partial charge is 0.490 e. The van der Waals surface area contributed by atoms with Gasteiger partial charge in [-0.1, -0.05) is 43.6 Å². The van der Waals surface area contributed by atoms with Crippen molar-refractivity contribution in [3.05, 3.63) is 28.2 Å². The monoisotopic (exact) mass is 343 g/mol. The predicted molar refractivity (Wildman–Crippen MR) is 87.1 cm³/mol. The van der Waals surface area contributed by atoms with Gasteiger partial charge in [0.05, 0.1) is 5.60 Å². The molecule has 0 saturated carbocycles. The van der Waals surface area contributed by atoms with Crippen molar-refractivity contribution in [2.45, 2.75) is 58.7 Å². The molecule has 4 heteroatoms. The Kier molecular flexibility index (Phi) is 7.00. The molecule has 0 aliphatic heterocycles. The molecule has 0 unspecified atom stereocenters. The van der Waals surface area contributed by atoms with E-state index in [9.17, 15) is 5.11 Å². The first-order valence-corrected chi connectivity index (χ1v) is 8.06. The summed E-state index contributed by atoms with van der Waals surface area (Å²) in [6.45, 7) is 9.28. The highest BCUT2D eigenvalue weighted by molar-refractivity contribution is 9.10. The number of rotatable bonds is 8. The lowest BCUT2D eigenvalue weighted by atomic mass is 9.99. The molecule has 0 saturated heterocycles. The molecule has 0 aromatic heterocycles. The van der Waals surface area contributed by atoms with Gasteiger partial charge in [-0.2, -0.15) is 0 Å². The van der Waals surface area contributed by atoms with Gasteiger partial charge in [0.15, 0.2) is 0 Å². The van der Waals surface area contributed by atoms with Crippen LogP contribution in [0, 0.1) is 0 Å². The predicted octanol–water partition coefficient (Wildman–Crippen LogP) is 3.88. The van der Waals surface area contributed by atoms with E-state index in [1.54, 1.807) is 0 Å². The molecule has 0 atom stereocenters. The van der Waals surface area contributed by atoms with Crippen molar-refractivity contribution < 1.29 is 9.84 Å². The van der Waals surface area contributed by atoms with Crippen LogP contribution in [-0.2, 0) is 6.54 Å². The minimum atomic E-state index is -0.740. The highest BCUT2D eigenvalue weighted by Gasteiger charge is 2.23. The van der Waals surface area contributed by atoms with E-state index < -0.39 is 5.60 Å². The smallest absolute Gasteiger partial charge is 0.124 e. The van der Waals surface area contributed by atoms with Gasteiger partial charge in [0.25, 0.3) is 0 Å². The van der Waals surface area contributed by atoms with Gasteiger partial charge < -0.3 is 15.2 Å². The molecule has 0 spiro atoms. The fourth-order valence-electron chi connectivity index (χ4n) is 1.81. The number of hydrogen-bond donors (Lipinski definition) is 2. The van der Waals surface area contributed by atoms with E-state index in [-0.39, 0.29) is 0 Å². The second-order valence-electron chi connectivity index (χ2n) is 5.51. The van der Waals surface area contributed by atoms with Gasteiger partial charge in [0, 0.05) is 22.6 Å². The zero-order valence-electron chi connectivity index (χ0n) is 12.9. The van der Waals surface area contributed by atoms with Crippen LogP contribution in [-0.4, -0.2) is 23.4 Å². The number of aliphatic hydroxyl groups is 1. The quantitative estimate of drug-likeness (QED) is 0.752. The van der Waals surface area contributed by atoms with Crippen LogP contribution in [0.15, 0.2) is 22.7 Å². The minimum absolute atomic E-state index is 0.330. The second-order valence-corrected chi connectivity index (χ2v) is 6.42. The van der Waals surface area contributed by atoms with Crippen molar-refractivity contribution in [2.24, 2.45) is 0 Å². The summed E-state index contributed by atoms with van der Waals surface area (Å²) >= 11 is 3.49. The van der Waals surface area contributed by atoms with Crippen LogP contribution in [0.1, 0.15) is 46.1 Å². The summed E-state index contributed by atoms with van der Waals surface area (Å²) in [7, 11) is 0. The molecule has 1 aromatic carbocycles. The van der Waals surface area contributed by atoms with Crippen LogP contribution in [0.2, 0.25) is 0 Å². The summed E-state index contributed by atoms with van der Waals surface area (Å²) in [5.74, 6) is 0.835. The molecule has 0 aliphatic carbocycles. The van der Waals surface area contributed by atoms with Crippen LogP contribution in [0.25, 0.3) is 0 Å². The fraction of sp³-hybridized carbons (Fsp3) is 0.625. The van der Waals surface area contributed by atoms with Crippen molar-refractivity contribution in [1.82, 2.24) is 5.32 Å². The fourth-order valence-corrected chi connectivity index (χ4v) is 2.22. The standard InChI is InChI=1S/C16H26BrNO2/c1-5-16(19,6-2)11-20-15-8-7-14(17)9-13(15)10-18-12(3)4/h7-9,12,18-19H,5-6,10-11H2,1-4H3. The molecule has 1 aromatic rings. The molecule has 114 valence electrons. The lowest BCUT2D eigenvalue weighted by molar-refractivity contribution is -0.0116. The Balaban J connectivity index is 2.78. The Morgan fingerprint density at radius 3 is 2.50 bits per heavy atom. The van der Waals surface area contributed by atoms with Crippen LogP contribution in [0.4, 0.5) is 0 Å². The van der Waals surface area contributed by atoms with Crippen LogP contribution in [0.5, 0.6) is 5.75 Å². The van der Waals surface area contributed by atoms with E-state index in [0.29, 0.717) is 25.5 Å². The van der Waals surface area contributed by atoms with Gasteiger partial charge in [0.1, 0.15) is 12.4 Å². The maximum Gasteiger partial charge on any atom is 0.124 e. The van der Waals surface area contributed by atoms with Crippen molar-refractivity contribution in [3.8, 4) is 5.75 Å². The highest BCUT2D eigenvalue weighted by Crippen LogP contribution is 2.25. The maximum absolute atomic E-state index is 10.3. The SMILES string of the molecule is CCC(O)(CC)COc1ccc(Br)cc1CNC(C)C. The molecule has 0 heterocycles. The first kappa shape index (κ1) is 17.5. The second kappa shape index (κ2) is 8.01. The van der Waals surface area contributed by atoms with Gasteiger partial charge in [0.2, 0.25) is 0 Å². The third-order valence-corrected chi connectivity index (χ3v) is 4.03. The summed E-state index contributed by atoms with van der Waals surface area (Å²) in [5.41, 5.74) is 0.359. The summed E-state index contributed by atoms with van der Waals surface area (Å²) < 4.78 is 6.89. The van der Waals surface area contributed by atoms with E-state index in [1.165, 1.54) is 0 Å². The van der Waals surface area contributed by atoms with Crippen LogP contribution < -0.4 is 10.1 Å². The average molecular weight is 344 g/mol. The van der Waals surface area contributed by atoms with E-state index in [0.717, 1.165) is 22.3 Å². The first-order valence-electron chi connectivity index (χ1n) is 7.27. The van der Waals surface area contributed by atoms with Crippen LogP contribution in [0.3, 0.4) is 0 Å². The Labute approximate surface area is 130 Å². The Bertz CT molecular complexity index is 417. The Morgan fingerprint density at radius 1 is 1.30 bits per heavy atom. The van der Waals surface area contributed by atoms with Gasteiger partial charge >= 0.3 is 0 Å². The topological polar surface area (TPSA) is 41.5 Å². The molecular weight excluding hydrogens is 318 g/mol. The average Bonchev–Trinajstić information content (AvgIpc) is 2.43. The normalized spacial score (nSPS) is 11.9. The van der Waals surface area contributed by atoms with Gasteiger partial charge in [-0.05, 0) is 31.0 Å². The summed E-state index contributed by atoms with van der Waals surface area (Å²) in [5, 5.41) is 13.7. The van der Waals surface area contributed by atoms with Gasteiger partial charge in [-0.25, -0.2) is 0 Å². The summed E-state index contributed by atoms with van der Waals surface area (Å²) in [6, 6.07) is 6.39. The zero-order chi connectivity index (χ0) is 15.2. The van der Waals surface area contributed by atoms with Gasteiger partial charge in [-0.15, -0.1) is 0 Å². The molecule has 2 N–H and O–H groups in total. The third-order valence-electron chi connectivity index (χ3n) is 3.54. The molecule has 0 amide bonds. The number of nitrogens with one attached hydrogen (secondary N) is 1. The lowest BCUT2D eigenvalue weighted by Crippen LogP contribution is -2.34. The number of benzene rings is 1. The van der Waals surface area contributed by atoms with Gasteiger partial charge in [-0.3, -0.25) is 0 Å². The van der Waals surface area contributed by atoms with Crippen molar-refractivity contribution >= 4 is 15.9 Å². The molecule has 0 radical (unpaired) electrons.